The zero-order valence-corrected chi connectivity index (χ0v) is 13.1. The number of benzene rings is 3. The maximum absolute atomic E-state index is 12.3. The zero-order valence-electron chi connectivity index (χ0n) is 13.1. The van der Waals surface area contributed by atoms with Gasteiger partial charge in [-0.2, -0.15) is 5.26 Å². The first-order valence-electron chi connectivity index (χ1n) is 7.51. The Kier molecular flexibility index (Phi) is 4.36. The SMILES string of the molecule is N#C/C(=C\c1c(O)ccc2ccccc12)C(=O)Nc1ccc(O)cc1. The maximum atomic E-state index is 12.3. The van der Waals surface area contributed by atoms with E-state index in [-0.39, 0.29) is 17.1 Å². The normalized spacial score (nSPS) is 11.1. The lowest BCUT2D eigenvalue weighted by molar-refractivity contribution is -0.112. The summed E-state index contributed by atoms with van der Waals surface area (Å²) in [6.07, 6.45) is 1.37. The summed E-state index contributed by atoms with van der Waals surface area (Å²) in [5.74, 6) is -0.529. The average molecular weight is 330 g/mol. The summed E-state index contributed by atoms with van der Waals surface area (Å²) in [5.41, 5.74) is 0.723. The lowest BCUT2D eigenvalue weighted by atomic mass is 10.0. The maximum Gasteiger partial charge on any atom is 0.266 e. The van der Waals surface area contributed by atoms with Crippen molar-refractivity contribution < 1.29 is 15.0 Å². The molecule has 3 rings (SSSR count). The van der Waals surface area contributed by atoms with E-state index >= 15 is 0 Å². The highest BCUT2D eigenvalue weighted by Gasteiger charge is 2.12. The molecule has 25 heavy (non-hydrogen) atoms. The van der Waals surface area contributed by atoms with Crippen LogP contribution in [0.2, 0.25) is 0 Å². The molecule has 0 aromatic heterocycles. The van der Waals surface area contributed by atoms with Gasteiger partial charge in [0, 0.05) is 11.3 Å². The molecular weight excluding hydrogens is 316 g/mol. The number of hydrogen-bond donors (Lipinski definition) is 3. The minimum Gasteiger partial charge on any atom is -0.508 e. The third-order valence-corrected chi connectivity index (χ3v) is 3.73. The van der Waals surface area contributed by atoms with E-state index in [0.717, 1.165) is 10.8 Å². The molecule has 0 atom stereocenters. The molecule has 5 nitrogen and oxygen atoms in total. The summed E-state index contributed by atoms with van der Waals surface area (Å²) in [5, 5.41) is 33.0. The monoisotopic (exact) mass is 330 g/mol. The van der Waals surface area contributed by atoms with Crippen molar-refractivity contribution in [3.8, 4) is 17.6 Å². The van der Waals surface area contributed by atoms with Gasteiger partial charge in [0.1, 0.15) is 23.1 Å². The molecule has 0 saturated carbocycles. The number of nitrogens with one attached hydrogen (secondary N) is 1. The van der Waals surface area contributed by atoms with Gasteiger partial charge < -0.3 is 15.5 Å². The fraction of sp³-hybridized carbons (Fsp3) is 0. The van der Waals surface area contributed by atoms with Crippen LogP contribution >= 0.6 is 0 Å². The van der Waals surface area contributed by atoms with Crippen LogP contribution < -0.4 is 5.32 Å². The first kappa shape index (κ1) is 16.1. The van der Waals surface area contributed by atoms with Crippen LogP contribution in [0.1, 0.15) is 5.56 Å². The Labute approximate surface area is 144 Å². The van der Waals surface area contributed by atoms with Gasteiger partial charge in [0.2, 0.25) is 0 Å². The van der Waals surface area contributed by atoms with Crippen LogP contribution in [0.5, 0.6) is 11.5 Å². The number of hydrogen-bond acceptors (Lipinski definition) is 4. The standard InChI is InChI=1S/C20H14N2O3/c21-12-14(20(25)22-15-6-8-16(23)9-7-15)11-18-17-4-2-1-3-13(17)5-10-19(18)24/h1-11,23-24H,(H,22,25)/b14-11+. The van der Waals surface area contributed by atoms with Crippen molar-refractivity contribution in [1.82, 2.24) is 0 Å². The molecule has 0 spiro atoms. The third kappa shape index (κ3) is 3.43. The van der Waals surface area contributed by atoms with Gasteiger partial charge in [0.15, 0.2) is 0 Å². The van der Waals surface area contributed by atoms with E-state index in [2.05, 4.69) is 5.32 Å². The van der Waals surface area contributed by atoms with E-state index in [9.17, 15) is 20.3 Å². The Morgan fingerprint density at radius 3 is 2.44 bits per heavy atom. The minimum atomic E-state index is -0.597. The van der Waals surface area contributed by atoms with Crippen molar-refractivity contribution in [3.05, 3.63) is 71.8 Å². The van der Waals surface area contributed by atoms with Gasteiger partial charge in [-0.1, -0.05) is 30.3 Å². The number of fused-ring (bicyclic) bond motifs is 1. The van der Waals surface area contributed by atoms with Crippen LogP contribution in [0, 0.1) is 11.3 Å². The molecule has 1 amide bonds. The van der Waals surface area contributed by atoms with E-state index in [1.54, 1.807) is 6.07 Å². The van der Waals surface area contributed by atoms with Crippen LogP contribution in [-0.2, 0) is 4.79 Å². The van der Waals surface area contributed by atoms with Crippen molar-refractivity contribution in [2.75, 3.05) is 5.32 Å². The van der Waals surface area contributed by atoms with E-state index in [1.807, 2.05) is 30.3 Å². The fourth-order valence-electron chi connectivity index (χ4n) is 2.47. The molecule has 0 bridgehead atoms. The van der Waals surface area contributed by atoms with Crippen molar-refractivity contribution in [3.63, 3.8) is 0 Å². The highest BCUT2D eigenvalue weighted by atomic mass is 16.3. The second-order valence-electron chi connectivity index (χ2n) is 5.39. The van der Waals surface area contributed by atoms with Crippen molar-refractivity contribution in [2.45, 2.75) is 0 Å². The second-order valence-corrected chi connectivity index (χ2v) is 5.39. The highest BCUT2D eigenvalue weighted by molar-refractivity contribution is 6.11. The molecule has 3 N–H and O–H groups in total. The number of carbonyl (C=O) groups excluding carboxylic acids is 1. The minimum absolute atomic E-state index is 0.0103. The van der Waals surface area contributed by atoms with Gasteiger partial charge in [0.05, 0.1) is 0 Å². The molecule has 0 aliphatic heterocycles. The van der Waals surface area contributed by atoms with Gasteiger partial charge >= 0.3 is 0 Å². The molecule has 3 aromatic carbocycles. The van der Waals surface area contributed by atoms with Crippen LogP contribution in [0.15, 0.2) is 66.2 Å². The van der Waals surface area contributed by atoms with Crippen molar-refractivity contribution in [1.29, 1.82) is 5.26 Å². The molecule has 5 heteroatoms. The summed E-state index contributed by atoms with van der Waals surface area (Å²) in [7, 11) is 0. The van der Waals surface area contributed by atoms with Crippen LogP contribution in [0.4, 0.5) is 5.69 Å². The van der Waals surface area contributed by atoms with Crippen LogP contribution in [0.25, 0.3) is 16.8 Å². The van der Waals surface area contributed by atoms with E-state index in [1.165, 1.54) is 36.4 Å². The molecule has 0 fully saturated rings. The Morgan fingerprint density at radius 1 is 1.00 bits per heavy atom. The van der Waals surface area contributed by atoms with Gasteiger partial charge in [-0.3, -0.25) is 4.79 Å². The highest BCUT2D eigenvalue weighted by Crippen LogP contribution is 2.29. The van der Waals surface area contributed by atoms with Crippen LogP contribution in [-0.4, -0.2) is 16.1 Å². The molecule has 0 heterocycles. The number of rotatable bonds is 3. The Morgan fingerprint density at radius 2 is 1.72 bits per heavy atom. The number of anilines is 1. The van der Waals surface area contributed by atoms with E-state index < -0.39 is 5.91 Å². The fourth-order valence-corrected chi connectivity index (χ4v) is 2.47. The molecule has 0 unspecified atom stereocenters. The number of phenolic OH excluding ortho intramolecular Hbond substituents is 2. The predicted octanol–water partition coefficient (Wildman–Crippen LogP) is 3.80. The molecule has 122 valence electrons. The van der Waals surface area contributed by atoms with Gasteiger partial charge in [-0.05, 0) is 47.2 Å². The van der Waals surface area contributed by atoms with Gasteiger partial charge in [-0.15, -0.1) is 0 Å². The lowest BCUT2D eigenvalue weighted by Crippen LogP contribution is -2.13. The number of amides is 1. The third-order valence-electron chi connectivity index (χ3n) is 3.73. The molecule has 0 radical (unpaired) electrons. The molecule has 0 saturated heterocycles. The number of nitrogens with zero attached hydrogens (tertiary/aromatic N) is 1. The van der Waals surface area contributed by atoms with Crippen molar-refractivity contribution >= 4 is 28.4 Å². The summed E-state index contributed by atoms with van der Waals surface area (Å²) in [6.45, 7) is 0. The first-order chi connectivity index (χ1) is 12.1. The van der Waals surface area contributed by atoms with Gasteiger partial charge in [0.25, 0.3) is 5.91 Å². The summed E-state index contributed by atoms with van der Waals surface area (Å²) in [4.78, 5) is 12.3. The number of carbonyl (C=O) groups is 1. The predicted molar refractivity (Wildman–Crippen MR) is 95.9 cm³/mol. The van der Waals surface area contributed by atoms with E-state index in [4.69, 9.17) is 0 Å². The summed E-state index contributed by atoms with van der Waals surface area (Å²) >= 11 is 0. The molecular formula is C20H14N2O3. The van der Waals surface area contributed by atoms with E-state index in [0.29, 0.717) is 11.3 Å². The summed E-state index contributed by atoms with van der Waals surface area (Å²) in [6, 6.07) is 18.5. The Hall–Kier alpha value is -3.78. The largest absolute Gasteiger partial charge is 0.508 e. The second kappa shape index (κ2) is 6.77. The molecule has 0 aliphatic rings. The topological polar surface area (TPSA) is 93.3 Å². The first-order valence-corrected chi connectivity index (χ1v) is 7.51. The number of nitriles is 1. The molecule has 0 aliphatic carbocycles. The smallest absolute Gasteiger partial charge is 0.266 e. The Balaban J connectivity index is 1.98. The van der Waals surface area contributed by atoms with Crippen molar-refractivity contribution in [2.24, 2.45) is 0 Å². The van der Waals surface area contributed by atoms with Gasteiger partial charge in [-0.25, -0.2) is 0 Å². The zero-order chi connectivity index (χ0) is 17.8. The average Bonchev–Trinajstić information content (AvgIpc) is 2.63. The summed E-state index contributed by atoms with van der Waals surface area (Å²) < 4.78 is 0. The number of phenols is 2. The van der Waals surface area contributed by atoms with Crippen LogP contribution in [0.3, 0.4) is 0 Å². The molecule has 3 aromatic rings. The quantitative estimate of drug-likeness (QED) is 0.387. The number of aromatic hydroxyl groups is 2. The Bertz CT molecular complexity index is 1020. The lowest BCUT2D eigenvalue weighted by Gasteiger charge is -2.07.